The largest absolute Gasteiger partial charge is 0.452 e. The second kappa shape index (κ2) is 4.62. The first-order valence-electron chi connectivity index (χ1n) is 5.39. The van der Waals surface area contributed by atoms with Gasteiger partial charge in [-0.15, -0.1) is 0 Å². The molecule has 0 aliphatic heterocycles. The van der Waals surface area contributed by atoms with Gasteiger partial charge >= 0.3 is 0 Å². The van der Waals surface area contributed by atoms with Crippen LogP contribution in [-0.2, 0) is 0 Å². The van der Waals surface area contributed by atoms with Crippen LogP contribution in [0, 0.1) is 11.6 Å². The highest BCUT2D eigenvalue weighted by Gasteiger charge is 2.11. The molecule has 0 saturated carbocycles. The van der Waals surface area contributed by atoms with Gasteiger partial charge in [0.2, 0.25) is 0 Å². The highest BCUT2D eigenvalue weighted by atomic mass is 79.9. The molecule has 0 bridgehead atoms. The van der Waals surface area contributed by atoms with Gasteiger partial charge in [0.05, 0.1) is 11.8 Å². The maximum absolute atomic E-state index is 13.6. The Bertz CT molecular complexity index is 757. The molecule has 0 radical (unpaired) electrons. The number of H-pyrrole nitrogens is 1. The summed E-state index contributed by atoms with van der Waals surface area (Å²) < 4.78 is 32.6. The molecule has 2 aromatic carbocycles. The summed E-state index contributed by atoms with van der Waals surface area (Å²) in [7, 11) is 0. The van der Waals surface area contributed by atoms with E-state index in [1.54, 1.807) is 6.07 Å². The Labute approximate surface area is 115 Å². The lowest BCUT2D eigenvalue weighted by atomic mass is 10.3. The fourth-order valence-electron chi connectivity index (χ4n) is 1.74. The normalized spacial score (nSPS) is 10.9. The number of hydrogen-bond donors (Lipinski definition) is 1. The lowest BCUT2D eigenvalue weighted by Crippen LogP contribution is -1.90. The fourth-order valence-corrected chi connectivity index (χ4v) is 2.17. The number of nitrogens with one attached hydrogen (secondary N) is 1. The number of halogens is 3. The predicted octanol–water partition coefficient (Wildman–Crippen LogP) is 4.40. The van der Waals surface area contributed by atoms with Crippen molar-refractivity contribution in [3.05, 3.63) is 52.8 Å². The van der Waals surface area contributed by atoms with Crippen LogP contribution in [0.4, 0.5) is 8.78 Å². The first-order chi connectivity index (χ1) is 9.13. The predicted molar refractivity (Wildman–Crippen MR) is 70.2 cm³/mol. The molecule has 1 heterocycles. The third kappa shape index (κ3) is 2.31. The summed E-state index contributed by atoms with van der Waals surface area (Å²) in [5.74, 6) is -1.08. The van der Waals surface area contributed by atoms with Crippen LogP contribution >= 0.6 is 15.9 Å². The number of imidazole rings is 1. The summed E-state index contributed by atoms with van der Waals surface area (Å²) in [6.07, 6.45) is 1.52. The molecule has 3 aromatic rings. The second-order valence-electron chi connectivity index (χ2n) is 3.88. The second-order valence-corrected chi connectivity index (χ2v) is 4.80. The van der Waals surface area contributed by atoms with E-state index in [2.05, 4.69) is 25.9 Å². The first kappa shape index (κ1) is 12.1. The molecule has 1 N–H and O–H groups in total. The summed E-state index contributed by atoms with van der Waals surface area (Å²) in [5, 5.41) is 0. The van der Waals surface area contributed by atoms with E-state index in [-0.39, 0.29) is 5.75 Å². The zero-order valence-electron chi connectivity index (χ0n) is 9.45. The molecule has 0 unspecified atom stereocenters. The van der Waals surface area contributed by atoms with Crippen molar-refractivity contribution in [3.8, 4) is 11.5 Å². The number of rotatable bonds is 2. The van der Waals surface area contributed by atoms with E-state index in [0.717, 1.165) is 22.1 Å². The Morgan fingerprint density at radius 3 is 2.74 bits per heavy atom. The molecule has 3 nitrogen and oxygen atoms in total. The molecule has 0 fully saturated rings. The molecule has 0 atom stereocenters. The molecule has 19 heavy (non-hydrogen) atoms. The number of hydrogen-bond acceptors (Lipinski definition) is 2. The third-order valence-corrected chi connectivity index (χ3v) is 3.03. The van der Waals surface area contributed by atoms with Crippen molar-refractivity contribution in [2.24, 2.45) is 0 Å². The van der Waals surface area contributed by atoms with Crippen LogP contribution in [0.3, 0.4) is 0 Å². The van der Waals surface area contributed by atoms with Crippen LogP contribution in [0.1, 0.15) is 0 Å². The van der Waals surface area contributed by atoms with E-state index >= 15 is 0 Å². The Hall–Kier alpha value is -1.95. The third-order valence-electron chi connectivity index (χ3n) is 2.57. The maximum atomic E-state index is 13.6. The van der Waals surface area contributed by atoms with Crippen molar-refractivity contribution in [2.75, 3.05) is 0 Å². The van der Waals surface area contributed by atoms with Crippen LogP contribution in [0.15, 0.2) is 41.1 Å². The van der Waals surface area contributed by atoms with Gasteiger partial charge in [-0.2, -0.15) is 0 Å². The maximum Gasteiger partial charge on any atom is 0.168 e. The number of nitrogens with zero attached hydrogens (tertiary/aromatic N) is 1. The van der Waals surface area contributed by atoms with E-state index < -0.39 is 11.6 Å². The molecule has 0 spiro atoms. The van der Waals surface area contributed by atoms with Crippen LogP contribution in [0.5, 0.6) is 11.5 Å². The zero-order chi connectivity index (χ0) is 13.4. The molecule has 6 heteroatoms. The molecule has 0 amide bonds. The van der Waals surface area contributed by atoms with Gasteiger partial charge < -0.3 is 9.72 Å². The van der Waals surface area contributed by atoms with Crippen molar-refractivity contribution >= 4 is 27.0 Å². The van der Waals surface area contributed by atoms with E-state index in [1.807, 2.05) is 6.07 Å². The van der Waals surface area contributed by atoms with E-state index in [0.29, 0.717) is 11.3 Å². The summed E-state index contributed by atoms with van der Waals surface area (Å²) >= 11 is 3.33. The van der Waals surface area contributed by atoms with Crippen LogP contribution in [-0.4, -0.2) is 9.97 Å². The minimum absolute atomic E-state index is 0.0520. The Morgan fingerprint density at radius 1 is 1.11 bits per heavy atom. The zero-order valence-corrected chi connectivity index (χ0v) is 11.0. The van der Waals surface area contributed by atoms with Crippen molar-refractivity contribution in [2.45, 2.75) is 0 Å². The number of ether oxygens (including phenoxy) is 1. The van der Waals surface area contributed by atoms with Gasteiger partial charge in [-0.25, -0.2) is 13.8 Å². The van der Waals surface area contributed by atoms with Gasteiger partial charge in [0.1, 0.15) is 11.3 Å². The molecule has 3 rings (SSSR count). The Kier molecular flexibility index (Phi) is 2.94. The SMILES string of the molecule is Fc1ccc(Oc2cc(Br)cc3[nH]cnc23)c(F)c1. The van der Waals surface area contributed by atoms with E-state index in [4.69, 9.17) is 4.74 Å². The number of aromatic amines is 1. The average molecular weight is 325 g/mol. The van der Waals surface area contributed by atoms with Crippen LogP contribution in [0.2, 0.25) is 0 Å². The van der Waals surface area contributed by atoms with Gasteiger partial charge in [-0.05, 0) is 24.3 Å². The molecule has 0 aliphatic carbocycles. The van der Waals surface area contributed by atoms with Crippen molar-refractivity contribution in [1.82, 2.24) is 9.97 Å². The average Bonchev–Trinajstić information content (AvgIpc) is 2.80. The number of benzene rings is 2. The minimum atomic E-state index is -0.760. The Morgan fingerprint density at radius 2 is 1.95 bits per heavy atom. The Balaban J connectivity index is 2.07. The molecule has 1 aromatic heterocycles. The van der Waals surface area contributed by atoms with Crippen molar-refractivity contribution < 1.29 is 13.5 Å². The summed E-state index contributed by atoms with van der Waals surface area (Å²) in [6.45, 7) is 0. The fraction of sp³-hybridized carbons (Fsp3) is 0. The number of fused-ring (bicyclic) bond motifs is 1. The molecular formula is C13H7BrF2N2O. The standard InChI is InChI=1S/C13H7BrF2N2O/c14-7-3-10-13(18-6-17-10)12(4-7)19-11-2-1-8(15)5-9(11)16/h1-6H,(H,17,18). The molecule has 0 saturated heterocycles. The monoisotopic (exact) mass is 324 g/mol. The quantitative estimate of drug-likeness (QED) is 0.758. The van der Waals surface area contributed by atoms with Gasteiger partial charge in [0, 0.05) is 10.5 Å². The van der Waals surface area contributed by atoms with E-state index in [9.17, 15) is 8.78 Å². The van der Waals surface area contributed by atoms with Crippen LogP contribution in [0.25, 0.3) is 11.0 Å². The van der Waals surface area contributed by atoms with Crippen molar-refractivity contribution in [1.29, 1.82) is 0 Å². The lowest BCUT2D eigenvalue weighted by Gasteiger charge is -2.08. The van der Waals surface area contributed by atoms with Gasteiger partial charge in [-0.3, -0.25) is 0 Å². The first-order valence-corrected chi connectivity index (χ1v) is 6.18. The molecular weight excluding hydrogens is 318 g/mol. The smallest absolute Gasteiger partial charge is 0.168 e. The molecule has 96 valence electrons. The van der Waals surface area contributed by atoms with Gasteiger partial charge in [0.25, 0.3) is 0 Å². The minimum Gasteiger partial charge on any atom is -0.452 e. The van der Waals surface area contributed by atoms with Gasteiger partial charge in [-0.1, -0.05) is 15.9 Å². The topological polar surface area (TPSA) is 37.9 Å². The summed E-state index contributed by atoms with van der Waals surface area (Å²) in [5.41, 5.74) is 1.33. The highest BCUT2D eigenvalue weighted by Crippen LogP contribution is 2.32. The van der Waals surface area contributed by atoms with E-state index in [1.165, 1.54) is 12.4 Å². The molecule has 0 aliphatic rings. The van der Waals surface area contributed by atoms with Crippen molar-refractivity contribution in [3.63, 3.8) is 0 Å². The summed E-state index contributed by atoms with van der Waals surface area (Å²) in [6, 6.07) is 6.65. The number of aromatic nitrogens is 2. The van der Waals surface area contributed by atoms with Gasteiger partial charge in [0.15, 0.2) is 17.3 Å². The van der Waals surface area contributed by atoms with Crippen LogP contribution < -0.4 is 4.74 Å². The summed E-state index contributed by atoms with van der Waals surface area (Å²) in [4.78, 5) is 7.04. The lowest BCUT2D eigenvalue weighted by molar-refractivity contribution is 0.441. The highest BCUT2D eigenvalue weighted by molar-refractivity contribution is 9.10.